The summed E-state index contributed by atoms with van der Waals surface area (Å²) >= 11 is 0. The molecule has 23 heavy (non-hydrogen) atoms. The molecule has 0 aromatic rings. The van der Waals surface area contributed by atoms with Crippen molar-refractivity contribution in [2.24, 2.45) is 0 Å². The second kappa shape index (κ2) is 14.9. The Kier molecular flexibility index (Phi) is 13.6. The third-order valence-electron chi connectivity index (χ3n) is 2.86. The fourth-order valence-electron chi connectivity index (χ4n) is 1.66. The summed E-state index contributed by atoms with van der Waals surface area (Å²) in [5.74, 6) is 9.72. The molecule has 2 unspecified atom stereocenters. The summed E-state index contributed by atoms with van der Waals surface area (Å²) < 4.78 is 4.85. The van der Waals surface area contributed by atoms with E-state index >= 15 is 0 Å². The number of hydrogen-bond donors (Lipinski definition) is 2. The lowest BCUT2D eigenvalue weighted by Crippen LogP contribution is -2.00. The topological polar surface area (TPSA) is 66.8 Å². The van der Waals surface area contributed by atoms with Gasteiger partial charge < -0.3 is 14.9 Å². The van der Waals surface area contributed by atoms with E-state index in [0.717, 1.165) is 38.5 Å². The van der Waals surface area contributed by atoms with Gasteiger partial charge in [0.25, 0.3) is 0 Å². The molecule has 0 aromatic carbocycles. The molecule has 0 aliphatic carbocycles. The summed E-state index contributed by atoms with van der Waals surface area (Å²) in [6, 6.07) is 0. The number of aliphatic hydroxyl groups is 2. The highest BCUT2D eigenvalue weighted by Gasteiger charge is 1.94. The minimum atomic E-state index is -0.883. The molecule has 4 nitrogen and oxygen atoms in total. The lowest BCUT2D eigenvalue weighted by atomic mass is 10.1. The van der Waals surface area contributed by atoms with Crippen molar-refractivity contribution >= 4 is 5.97 Å². The number of esters is 1. The Morgan fingerprint density at radius 1 is 1.09 bits per heavy atom. The van der Waals surface area contributed by atoms with Gasteiger partial charge in [-0.2, -0.15) is 0 Å². The molecule has 0 saturated carbocycles. The number of hydrogen-bond acceptors (Lipinski definition) is 4. The van der Waals surface area contributed by atoms with Crippen LogP contribution >= 0.6 is 0 Å². The maximum absolute atomic E-state index is 10.6. The van der Waals surface area contributed by atoms with Crippen LogP contribution < -0.4 is 0 Å². The van der Waals surface area contributed by atoms with Crippen molar-refractivity contribution < 1.29 is 19.7 Å². The fraction of sp³-hybridized carbons (Fsp3) is 0.526. The fourth-order valence-corrected chi connectivity index (χ4v) is 1.66. The van der Waals surface area contributed by atoms with Gasteiger partial charge >= 0.3 is 5.97 Å². The van der Waals surface area contributed by atoms with Crippen molar-refractivity contribution in [3.05, 3.63) is 24.8 Å². The number of carbonyl (C=O) groups is 1. The molecular weight excluding hydrogens is 292 g/mol. The summed E-state index contributed by atoms with van der Waals surface area (Å²) in [4.78, 5) is 10.6. The molecule has 4 heteroatoms. The Hall–Kier alpha value is -2.01. The molecule has 0 bridgehead atoms. The number of ether oxygens (including phenoxy) is 1. The Morgan fingerprint density at radius 3 is 2.35 bits per heavy atom. The highest BCUT2D eigenvalue weighted by atomic mass is 16.5. The molecular formula is C19H26O4. The first-order valence-electron chi connectivity index (χ1n) is 7.86. The summed E-state index contributed by atoms with van der Waals surface area (Å²) in [5.41, 5.74) is 0. The molecule has 0 aromatic heterocycles. The molecule has 126 valence electrons. The highest BCUT2D eigenvalue weighted by molar-refractivity contribution is 5.65. The number of carbonyl (C=O) groups excluding carboxylic acids is 1. The first kappa shape index (κ1) is 21.0. The smallest absolute Gasteiger partial charge is 0.302 e. The molecule has 0 radical (unpaired) electrons. The van der Waals surface area contributed by atoms with E-state index < -0.39 is 12.2 Å². The van der Waals surface area contributed by atoms with E-state index in [2.05, 4.69) is 30.3 Å². The van der Waals surface area contributed by atoms with Crippen LogP contribution in [0, 0.1) is 23.7 Å². The lowest BCUT2D eigenvalue weighted by molar-refractivity contribution is -0.141. The Bertz CT molecular complexity index is 485. The third kappa shape index (κ3) is 16.2. The third-order valence-corrected chi connectivity index (χ3v) is 2.86. The van der Waals surface area contributed by atoms with E-state index in [1.54, 1.807) is 6.08 Å². The van der Waals surface area contributed by atoms with Gasteiger partial charge in [0.1, 0.15) is 12.2 Å². The largest absolute Gasteiger partial charge is 0.466 e. The number of unbranched alkanes of at least 4 members (excludes halogenated alkanes) is 5. The monoisotopic (exact) mass is 318 g/mol. The van der Waals surface area contributed by atoms with E-state index in [-0.39, 0.29) is 5.97 Å². The van der Waals surface area contributed by atoms with Crippen LogP contribution in [0.2, 0.25) is 0 Å². The summed E-state index contributed by atoms with van der Waals surface area (Å²) in [6.45, 7) is 5.31. The molecule has 2 atom stereocenters. The van der Waals surface area contributed by atoms with Crippen LogP contribution in [0.1, 0.15) is 45.4 Å². The second-order valence-corrected chi connectivity index (χ2v) is 4.99. The van der Waals surface area contributed by atoms with Gasteiger partial charge in [-0.25, -0.2) is 0 Å². The quantitative estimate of drug-likeness (QED) is 0.281. The second-order valence-electron chi connectivity index (χ2n) is 4.99. The molecule has 0 amide bonds. The van der Waals surface area contributed by atoms with Crippen LogP contribution in [-0.2, 0) is 9.53 Å². The minimum absolute atomic E-state index is 0.223. The Balaban J connectivity index is 3.62. The van der Waals surface area contributed by atoms with Crippen LogP contribution in [0.15, 0.2) is 24.8 Å². The summed E-state index contributed by atoms with van der Waals surface area (Å²) in [6.07, 6.45) is 9.26. The number of rotatable bonds is 10. The van der Waals surface area contributed by atoms with Crippen LogP contribution in [0.4, 0.5) is 0 Å². The van der Waals surface area contributed by atoms with Crippen LogP contribution in [0.25, 0.3) is 0 Å². The predicted octanol–water partition coefficient (Wildman–Crippen LogP) is 2.36. The van der Waals surface area contributed by atoms with Gasteiger partial charge in [-0.3, -0.25) is 4.79 Å². The normalized spacial score (nSPS) is 12.5. The predicted molar refractivity (Wildman–Crippen MR) is 91.2 cm³/mol. The average Bonchev–Trinajstić information content (AvgIpc) is 2.52. The van der Waals surface area contributed by atoms with E-state index in [1.165, 1.54) is 13.0 Å². The minimum Gasteiger partial charge on any atom is -0.466 e. The molecule has 2 N–H and O–H groups in total. The maximum Gasteiger partial charge on any atom is 0.302 e. The standard InChI is InChI=1S/C19H26O4/c1-3-18(21)13-10-11-15-19(22)14-9-7-5-4-6-8-12-16-23-17(2)20/h3,9,14,18-19,21-22H,1,4-8,12,16H2,2H3. The van der Waals surface area contributed by atoms with Crippen LogP contribution in [0.5, 0.6) is 0 Å². The zero-order valence-corrected chi connectivity index (χ0v) is 13.8. The van der Waals surface area contributed by atoms with Gasteiger partial charge in [0, 0.05) is 6.92 Å². The highest BCUT2D eigenvalue weighted by Crippen LogP contribution is 2.06. The van der Waals surface area contributed by atoms with Crippen molar-refractivity contribution in [1.82, 2.24) is 0 Å². The Labute approximate surface area is 139 Å². The van der Waals surface area contributed by atoms with Crippen molar-refractivity contribution in [3.63, 3.8) is 0 Å². The van der Waals surface area contributed by atoms with Gasteiger partial charge in [-0.1, -0.05) is 49.8 Å². The Morgan fingerprint density at radius 2 is 1.70 bits per heavy atom. The number of aliphatic hydroxyl groups excluding tert-OH is 2. The maximum atomic E-state index is 10.6. The van der Waals surface area contributed by atoms with Crippen LogP contribution in [-0.4, -0.2) is 35.0 Å². The zero-order valence-electron chi connectivity index (χ0n) is 13.8. The van der Waals surface area contributed by atoms with Gasteiger partial charge in [0.2, 0.25) is 0 Å². The first-order chi connectivity index (χ1) is 11.1. The van der Waals surface area contributed by atoms with E-state index in [9.17, 15) is 9.90 Å². The van der Waals surface area contributed by atoms with Gasteiger partial charge in [0.15, 0.2) is 0 Å². The number of allylic oxidation sites excluding steroid dienone is 1. The van der Waals surface area contributed by atoms with Gasteiger partial charge in [-0.15, -0.1) is 0 Å². The lowest BCUT2D eigenvalue weighted by Gasteiger charge is -2.01. The molecule has 0 fully saturated rings. The summed E-state index contributed by atoms with van der Waals surface area (Å²) in [5, 5.41) is 18.6. The molecule has 0 aliphatic rings. The molecule has 0 rings (SSSR count). The van der Waals surface area contributed by atoms with E-state index in [0.29, 0.717) is 6.61 Å². The van der Waals surface area contributed by atoms with Gasteiger partial charge in [-0.05, 0) is 37.2 Å². The molecule has 0 saturated heterocycles. The van der Waals surface area contributed by atoms with Crippen molar-refractivity contribution in [1.29, 1.82) is 0 Å². The van der Waals surface area contributed by atoms with Crippen LogP contribution in [0.3, 0.4) is 0 Å². The van der Waals surface area contributed by atoms with Crippen molar-refractivity contribution in [2.75, 3.05) is 6.61 Å². The summed E-state index contributed by atoms with van der Waals surface area (Å²) in [7, 11) is 0. The van der Waals surface area contributed by atoms with E-state index in [1.807, 2.05) is 6.08 Å². The average molecular weight is 318 g/mol. The zero-order chi connectivity index (χ0) is 17.3. The van der Waals surface area contributed by atoms with Crippen molar-refractivity contribution in [2.45, 2.75) is 57.7 Å². The van der Waals surface area contributed by atoms with E-state index in [4.69, 9.17) is 9.84 Å². The van der Waals surface area contributed by atoms with Gasteiger partial charge in [0.05, 0.1) is 6.61 Å². The molecule has 0 spiro atoms. The molecule has 0 heterocycles. The van der Waals surface area contributed by atoms with Crippen molar-refractivity contribution in [3.8, 4) is 23.7 Å². The SMILES string of the molecule is C=CC(O)C#CC#CC(O)C=CCCCCCCCOC(C)=O. The molecule has 0 aliphatic heterocycles. The first-order valence-corrected chi connectivity index (χ1v) is 7.86.